The average Bonchev–Trinajstić information content (AvgIpc) is 2.74. The van der Waals surface area contributed by atoms with Gasteiger partial charge in [0, 0.05) is 12.5 Å². The lowest BCUT2D eigenvalue weighted by atomic mass is 9.99. The first-order valence-electron chi connectivity index (χ1n) is 5.51. The summed E-state index contributed by atoms with van der Waals surface area (Å²) in [5.74, 6) is -0.301. The van der Waals surface area contributed by atoms with E-state index in [1.807, 2.05) is 6.92 Å². The molecular formula is C11H17NO3. The van der Waals surface area contributed by atoms with Crippen molar-refractivity contribution in [1.29, 1.82) is 0 Å². The molecule has 3 unspecified atom stereocenters. The van der Waals surface area contributed by atoms with Crippen molar-refractivity contribution in [2.24, 2.45) is 11.8 Å². The molecule has 1 saturated heterocycles. The second-order valence-electron chi connectivity index (χ2n) is 4.99. The zero-order chi connectivity index (χ0) is 11.2. The Morgan fingerprint density at radius 2 is 2.07 bits per heavy atom. The van der Waals surface area contributed by atoms with Gasteiger partial charge >= 0.3 is 5.97 Å². The van der Waals surface area contributed by atoms with Gasteiger partial charge in [-0.2, -0.15) is 0 Å². The van der Waals surface area contributed by atoms with Crippen LogP contribution in [0.5, 0.6) is 0 Å². The maximum absolute atomic E-state index is 12.0. The Hall–Kier alpha value is -1.06. The molecule has 1 saturated carbocycles. The van der Waals surface area contributed by atoms with Crippen molar-refractivity contribution >= 4 is 11.9 Å². The summed E-state index contributed by atoms with van der Waals surface area (Å²) in [6.07, 6.45) is 2.30. The highest BCUT2D eigenvalue weighted by atomic mass is 16.4. The van der Waals surface area contributed by atoms with Crippen LogP contribution in [0.4, 0.5) is 0 Å². The predicted octanol–water partition coefficient (Wildman–Crippen LogP) is 1.11. The van der Waals surface area contributed by atoms with E-state index in [0.29, 0.717) is 18.9 Å². The summed E-state index contributed by atoms with van der Waals surface area (Å²) in [4.78, 5) is 24.7. The molecule has 3 atom stereocenters. The minimum absolute atomic E-state index is 0.0462. The van der Waals surface area contributed by atoms with E-state index < -0.39 is 11.5 Å². The molecule has 0 bridgehead atoms. The number of rotatable bonds is 2. The molecule has 1 N–H and O–H groups in total. The van der Waals surface area contributed by atoms with Crippen LogP contribution in [0.15, 0.2) is 0 Å². The third-order valence-corrected chi connectivity index (χ3v) is 3.79. The van der Waals surface area contributed by atoms with Crippen molar-refractivity contribution < 1.29 is 14.7 Å². The molecule has 1 heterocycles. The molecule has 1 aliphatic heterocycles. The molecule has 4 heteroatoms. The molecule has 1 amide bonds. The van der Waals surface area contributed by atoms with E-state index in [1.165, 1.54) is 0 Å². The fourth-order valence-electron chi connectivity index (χ4n) is 2.41. The standard InChI is InChI=1S/C11H17NO3/c1-7-6-8(7)9(13)12-5-3-4-11(12,2)10(14)15/h7-8H,3-6H2,1-2H3,(H,14,15). The van der Waals surface area contributed by atoms with Crippen LogP contribution >= 0.6 is 0 Å². The Labute approximate surface area is 89.3 Å². The summed E-state index contributed by atoms with van der Waals surface area (Å²) in [6, 6.07) is 0. The Kier molecular flexibility index (Phi) is 2.24. The first-order chi connectivity index (χ1) is 6.97. The van der Waals surface area contributed by atoms with Gasteiger partial charge in [-0.05, 0) is 32.1 Å². The van der Waals surface area contributed by atoms with Crippen molar-refractivity contribution in [2.45, 2.75) is 38.6 Å². The molecule has 2 fully saturated rings. The topological polar surface area (TPSA) is 57.6 Å². The molecule has 0 aromatic rings. The Bertz CT molecular complexity index is 315. The van der Waals surface area contributed by atoms with Gasteiger partial charge in [-0.25, -0.2) is 4.79 Å². The smallest absolute Gasteiger partial charge is 0.329 e. The lowest BCUT2D eigenvalue weighted by Crippen LogP contribution is -2.51. The van der Waals surface area contributed by atoms with Crippen LogP contribution in [0.25, 0.3) is 0 Å². The van der Waals surface area contributed by atoms with Crippen molar-refractivity contribution in [2.75, 3.05) is 6.54 Å². The first kappa shape index (κ1) is 10.5. The van der Waals surface area contributed by atoms with E-state index in [2.05, 4.69) is 0 Å². The van der Waals surface area contributed by atoms with Crippen LogP contribution in [0.1, 0.15) is 33.1 Å². The van der Waals surface area contributed by atoms with Crippen molar-refractivity contribution in [3.05, 3.63) is 0 Å². The van der Waals surface area contributed by atoms with E-state index >= 15 is 0 Å². The highest BCUT2D eigenvalue weighted by Crippen LogP contribution is 2.42. The molecule has 15 heavy (non-hydrogen) atoms. The van der Waals surface area contributed by atoms with E-state index in [9.17, 15) is 9.59 Å². The fourth-order valence-corrected chi connectivity index (χ4v) is 2.41. The highest BCUT2D eigenvalue weighted by Gasteiger charge is 2.51. The lowest BCUT2D eigenvalue weighted by molar-refractivity contribution is -0.155. The number of aliphatic carboxylic acids is 1. The fraction of sp³-hybridized carbons (Fsp3) is 0.818. The minimum Gasteiger partial charge on any atom is -0.480 e. The van der Waals surface area contributed by atoms with E-state index in [0.717, 1.165) is 12.8 Å². The number of carbonyl (C=O) groups excluding carboxylic acids is 1. The zero-order valence-corrected chi connectivity index (χ0v) is 9.19. The van der Waals surface area contributed by atoms with E-state index in [1.54, 1.807) is 11.8 Å². The number of likely N-dealkylation sites (tertiary alicyclic amines) is 1. The Morgan fingerprint density at radius 1 is 1.47 bits per heavy atom. The van der Waals surface area contributed by atoms with E-state index in [4.69, 9.17) is 5.11 Å². The third kappa shape index (κ3) is 1.52. The van der Waals surface area contributed by atoms with Gasteiger partial charge in [0.1, 0.15) is 5.54 Å². The SMILES string of the molecule is CC1CC1C(=O)N1CCCC1(C)C(=O)O. The van der Waals surface area contributed by atoms with Gasteiger partial charge in [-0.1, -0.05) is 6.92 Å². The van der Waals surface area contributed by atoms with Crippen molar-refractivity contribution in [3.63, 3.8) is 0 Å². The summed E-state index contributed by atoms with van der Waals surface area (Å²) in [7, 11) is 0. The number of hydrogen-bond donors (Lipinski definition) is 1. The van der Waals surface area contributed by atoms with Crippen LogP contribution in [-0.4, -0.2) is 34.0 Å². The first-order valence-corrected chi connectivity index (χ1v) is 5.51. The van der Waals surface area contributed by atoms with Gasteiger partial charge in [-0.15, -0.1) is 0 Å². The summed E-state index contributed by atoms with van der Waals surface area (Å²) >= 11 is 0. The van der Waals surface area contributed by atoms with Gasteiger partial charge in [0.15, 0.2) is 0 Å². The quantitative estimate of drug-likeness (QED) is 0.744. The summed E-state index contributed by atoms with van der Waals surface area (Å²) in [5.41, 5.74) is -0.959. The van der Waals surface area contributed by atoms with Crippen molar-refractivity contribution in [1.82, 2.24) is 4.90 Å². The number of carboxylic acids is 1. The maximum atomic E-state index is 12.0. The summed E-state index contributed by atoms with van der Waals surface area (Å²) in [6.45, 7) is 4.30. The Morgan fingerprint density at radius 3 is 2.53 bits per heavy atom. The lowest BCUT2D eigenvalue weighted by Gasteiger charge is -2.31. The van der Waals surface area contributed by atoms with Crippen LogP contribution in [0.2, 0.25) is 0 Å². The van der Waals surface area contributed by atoms with Gasteiger partial charge in [0.05, 0.1) is 0 Å². The number of carboxylic acid groups (broad SMARTS) is 1. The largest absolute Gasteiger partial charge is 0.480 e. The molecule has 0 aromatic heterocycles. The van der Waals surface area contributed by atoms with Gasteiger partial charge in [-0.3, -0.25) is 4.79 Å². The molecule has 2 aliphatic rings. The number of amides is 1. The monoisotopic (exact) mass is 211 g/mol. The van der Waals surface area contributed by atoms with E-state index in [-0.39, 0.29) is 11.8 Å². The minimum atomic E-state index is -0.959. The van der Waals surface area contributed by atoms with Crippen LogP contribution in [0.3, 0.4) is 0 Å². The summed E-state index contributed by atoms with van der Waals surface area (Å²) < 4.78 is 0. The Balaban J connectivity index is 2.14. The number of hydrogen-bond acceptors (Lipinski definition) is 2. The molecule has 2 rings (SSSR count). The normalized spacial score (nSPS) is 39.2. The number of nitrogens with zero attached hydrogens (tertiary/aromatic N) is 1. The third-order valence-electron chi connectivity index (χ3n) is 3.79. The predicted molar refractivity (Wildman–Crippen MR) is 54.3 cm³/mol. The number of carbonyl (C=O) groups is 2. The second kappa shape index (κ2) is 3.22. The molecule has 84 valence electrons. The molecule has 4 nitrogen and oxygen atoms in total. The molecule has 0 radical (unpaired) electrons. The van der Waals surface area contributed by atoms with Gasteiger partial charge in [0.25, 0.3) is 0 Å². The summed E-state index contributed by atoms with van der Waals surface area (Å²) in [5, 5.41) is 9.17. The second-order valence-corrected chi connectivity index (χ2v) is 4.99. The van der Waals surface area contributed by atoms with Gasteiger partial charge < -0.3 is 10.0 Å². The molecule has 0 spiro atoms. The van der Waals surface area contributed by atoms with Crippen LogP contribution in [-0.2, 0) is 9.59 Å². The molecule has 0 aromatic carbocycles. The zero-order valence-electron chi connectivity index (χ0n) is 9.19. The highest BCUT2D eigenvalue weighted by molar-refractivity contribution is 5.89. The van der Waals surface area contributed by atoms with Crippen LogP contribution in [0, 0.1) is 11.8 Å². The van der Waals surface area contributed by atoms with Crippen LogP contribution < -0.4 is 0 Å². The van der Waals surface area contributed by atoms with Crippen molar-refractivity contribution in [3.8, 4) is 0 Å². The molecule has 1 aliphatic carbocycles. The van der Waals surface area contributed by atoms with Gasteiger partial charge in [0.2, 0.25) is 5.91 Å². The maximum Gasteiger partial charge on any atom is 0.329 e. The average molecular weight is 211 g/mol. The molecular weight excluding hydrogens is 194 g/mol.